The summed E-state index contributed by atoms with van der Waals surface area (Å²) in [5.74, 6) is -0.0727. The van der Waals surface area contributed by atoms with Gasteiger partial charge >= 0.3 is 0 Å². The Morgan fingerprint density at radius 1 is 1.17 bits per heavy atom. The third-order valence-corrected chi connectivity index (χ3v) is 7.68. The molecule has 1 aromatic carbocycles. The summed E-state index contributed by atoms with van der Waals surface area (Å²) in [6.45, 7) is 5.37. The molecule has 4 rings (SSSR count). The van der Waals surface area contributed by atoms with Crippen LogP contribution >= 0.6 is 0 Å². The number of rotatable bonds is 5. The first-order valence-electron chi connectivity index (χ1n) is 11.6. The highest BCUT2D eigenvalue weighted by molar-refractivity contribution is 5.78. The fraction of sp³-hybridized carbons (Fsp3) is 0.680. The van der Waals surface area contributed by atoms with Gasteiger partial charge in [-0.25, -0.2) is 4.39 Å². The molecule has 0 radical (unpaired) electrons. The molecule has 162 valence electrons. The van der Waals surface area contributed by atoms with Crippen LogP contribution in [-0.4, -0.2) is 30.4 Å². The molecule has 30 heavy (non-hydrogen) atoms. The van der Waals surface area contributed by atoms with Crippen molar-refractivity contribution >= 4 is 5.91 Å². The lowest BCUT2D eigenvalue weighted by atomic mass is 9.64. The predicted molar refractivity (Wildman–Crippen MR) is 115 cm³/mol. The van der Waals surface area contributed by atoms with Crippen molar-refractivity contribution in [1.82, 2.24) is 10.2 Å². The second kappa shape index (κ2) is 8.67. The molecule has 0 atom stereocenters. The van der Waals surface area contributed by atoms with Gasteiger partial charge < -0.3 is 10.2 Å². The van der Waals surface area contributed by atoms with Crippen molar-refractivity contribution < 1.29 is 9.18 Å². The number of nitrogens with one attached hydrogen (secondary N) is 1. The van der Waals surface area contributed by atoms with Gasteiger partial charge in [0, 0.05) is 32.1 Å². The molecule has 4 nitrogen and oxygen atoms in total. The fourth-order valence-electron chi connectivity index (χ4n) is 6.03. The number of halogens is 1. The monoisotopic (exact) mass is 411 g/mol. The van der Waals surface area contributed by atoms with Gasteiger partial charge in [0.25, 0.3) is 0 Å². The van der Waals surface area contributed by atoms with Crippen LogP contribution in [0.25, 0.3) is 0 Å². The lowest BCUT2D eigenvalue weighted by Crippen LogP contribution is -2.60. The van der Waals surface area contributed by atoms with Gasteiger partial charge in [0.05, 0.1) is 11.5 Å². The molecule has 0 aromatic heterocycles. The van der Waals surface area contributed by atoms with E-state index in [2.05, 4.69) is 16.3 Å². The van der Waals surface area contributed by atoms with Crippen molar-refractivity contribution in [3.05, 3.63) is 35.1 Å². The molecule has 1 heterocycles. The zero-order valence-corrected chi connectivity index (χ0v) is 18.2. The lowest BCUT2D eigenvalue weighted by Gasteiger charge is -2.55. The van der Waals surface area contributed by atoms with E-state index < -0.39 is 0 Å². The second-order valence-electron chi connectivity index (χ2n) is 10.2. The number of carbonyl (C=O) groups is 1. The van der Waals surface area contributed by atoms with Gasteiger partial charge in [-0.2, -0.15) is 5.26 Å². The Morgan fingerprint density at radius 2 is 1.87 bits per heavy atom. The molecule has 1 aliphatic heterocycles. The van der Waals surface area contributed by atoms with Gasteiger partial charge in [0.2, 0.25) is 5.91 Å². The number of aryl methyl sites for hydroxylation is 1. The molecule has 0 unspecified atom stereocenters. The van der Waals surface area contributed by atoms with Crippen LogP contribution in [0.4, 0.5) is 4.39 Å². The molecule has 0 bridgehead atoms. The smallest absolute Gasteiger partial charge is 0.223 e. The molecule has 5 heteroatoms. The third kappa shape index (κ3) is 4.70. The van der Waals surface area contributed by atoms with Crippen LogP contribution in [0.5, 0.6) is 0 Å². The summed E-state index contributed by atoms with van der Waals surface area (Å²) in [5, 5.41) is 12.7. The predicted octanol–water partition coefficient (Wildman–Crippen LogP) is 4.72. The fourth-order valence-corrected chi connectivity index (χ4v) is 6.03. The van der Waals surface area contributed by atoms with Crippen molar-refractivity contribution in [2.75, 3.05) is 19.6 Å². The topological polar surface area (TPSA) is 56.1 Å². The number of carbonyl (C=O) groups excluding carboxylic acids is 1. The van der Waals surface area contributed by atoms with Gasteiger partial charge in [0.15, 0.2) is 0 Å². The summed E-state index contributed by atoms with van der Waals surface area (Å²) in [5.41, 5.74) is 1.94. The molecule has 1 amide bonds. The third-order valence-electron chi connectivity index (χ3n) is 7.68. The molecular weight excluding hydrogens is 377 g/mol. The Labute approximate surface area is 179 Å². The highest BCUT2D eigenvalue weighted by Gasteiger charge is 2.48. The lowest BCUT2D eigenvalue weighted by molar-refractivity contribution is -0.129. The Morgan fingerprint density at radius 3 is 2.50 bits per heavy atom. The molecule has 1 aromatic rings. The average molecular weight is 412 g/mol. The maximum Gasteiger partial charge on any atom is 0.223 e. The maximum atomic E-state index is 13.5. The molecule has 3 fully saturated rings. The minimum absolute atomic E-state index is 0.0723. The van der Waals surface area contributed by atoms with E-state index >= 15 is 0 Å². The first kappa shape index (κ1) is 21.3. The molecular formula is C25H34FN3O. The number of benzene rings is 1. The Kier molecular flexibility index (Phi) is 6.16. The minimum Gasteiger partial charge on any atom is -0.352 e. The summed E-state index contributed by atoms with van der Waals surface area (Å²) in [6.07, 6.45) is 9.84. The van der Waals surface area contributed by atoms with Crippen molar-refractivity contribution in [1.29, 1.82) is 5.26 Å². The first-order chi connectivity index (χ1) is 14.4. The largest absolute Gasteiger partial charge is 0.352 e. The van der Waals surface area contributed by atoms with Crippen LogP contribution in [0.15, 0.2) is 18.2 Å². The van der Waals surface area contributed by atoms with Crippen LogP contribution < -0.4 is 5.32 Å². The standard InChI is InChI=1S/C25H34FN3O/c1-19-11-20(13-22(26)12-19)14-28-23(30)21-5-9-25(10-6-21)17-29(18-25)16-24(15-27)7-3-2-4-8-24/h11-13,21H,2-10,14,16-18H2,1H3,(H,28,30). The number of hydrogen-bond donors (Lipinski definition) is 1. The van der Waals surface area contributed by atoms with Crippen molar-refractivity contribution in [3.63, 3.8) is 0 Å². The molecule has 1 spiro atoms. The van der Waals surface area contributed by atoms with Gasteiger partial charge in [-0.1, -0.05) is 25.3 Å². The molecule has 3 aliphatic rings. The molecule has 1 N–H and O–H groups in total. The van der Waals surface area contributed by atoms with Crippen molar-refractivity contribution in [2.45, 2.75) is 71.3 Å². The zero-order chi connectivity index (χ0) is 21.2. The summed E-state index contributed by atoms with van der Waals surface area (Å²) in [4.78, 5) is 15.1. The molecule has 1 saturated heterocycles. The summed E-state index contributed by atoms with van der Waals surface area (Å²) in [7, 11) is 0. The van der Waals surface area contributed by atoms with E-state index in [4.69, 9.17) is 0 Å². The molecule has 2 aliphatic carbocycles. The molecule has 2 saturated carbocycles. The van der Waals surface area contributed by atoms with Gasteiger partial charge in [-0.15, -0.1) is 0 Å². The quantitative estimate of drug-likeness (QED) is 0.763. The summed E-state index contributed by atoms with van der Waals surface area (Å²) in [6, 6.07) is 7.56. The average Bonchev–Trinajstić information content (AvgIpc) is 2.71. The van der Waals surface area contributed by atoms with Crippen LogP contribution in [0, 0.1) is 40.8 Å². The van der Waals surface area contributed by atoms with E-state index in [-0.39, 0.29) is 23.1 Å². The maximum absolute atomic E-state index is 13.5. The van der Waals surface area contributed by atoms with Crippen molar-refractivity contribution in [3.8, 4) is 6.07 Å². The second-order valence-corrected chi connectivity index (χ2v) is 10.2. The van der Waals surface area contributed by atoms with E-state index in [1.54, 1.807) is 0 Å². The minimum atomic E-state index is -0.250. The highest BCUT2D eigenvalue weighted by atomic mass is 19.1. The number of nitrogens with zero attached hydrogens (tertiary/aromatic N) is 2. The van der Waals surface area contributed by atoms with E-state index in [9.17, 15) is 14.4 Å². The number of likely N-dealkylation sites (tertiary alicyclic amines) is 1. The van der Waals surface area contributed by atoms with Crippen LogP contribution in [0.3, 0.4) is 0 Å². The van der Waals surface area contributed by atoms with E-state index in [0.717, 1.165) is 69.3 Å². The zero-order valence-electron chi connectivity index (χ0n) is 18.2. The van der Waals surface area contributed by atoms with E-state index in [1.807, 2.05) is 13.0 Å². The van der Waals surface area contributed by atoms with Gasteiger partial charge in [-0.05, 0) is 74.1 Å². The van der Waals surface area contributed by atoms with Crippen molar-refractivity contribution in [2.24, 2.45) is 16.7 Å². The number of nitriles is 1. The first-order valence-corrected chi connectivity index (χ1v) is 11.6. The highest BCUT2D eigenvalue weighted by Crippen LogP contribution is 2.47. The van der Waals surface area contributed by atoms with Crippen LogP contribution in [0.2, 0.25) is 0 Å². The number of hydrogen-bond acceptors (Lipinski definition) is 3. The summed E-state index contributed by atoms with van der Waals surface area (Å²) < 4.78 is 13.5. The van der Waals surface area contributed by atoms with Crippen LogP contribution in [0.1, 0.15) is 68.9 Å². The van der Waals surface area contributed by atoms with Crippen LogP contribution in [-0.2, 0) is 11.3 Å². The van der Waals surface area contributed by atoms with Gasteiger partial charge in [0.1, 0.15) is 5.82 Å². The Balaban J connectivity index is 1.21. The normalized spacial score (nSPS) is 23.5. The van der Waals surface area contributed by atoms with Gasteiger partial charge in [-0.3, -0.25) is 4.79 Å². The van der Waals surface area contributed by atoms with E-state index in [1.165, 1.54) is 31.4 Å². The summed E-state index contributed by atoms with van der Waals surface area (Å²) >= 11 is 0. The van der Waals surface area contributed by atoms with E-state index in [0.29, 0.717) is 12.0 Å². The number of amides is 1. The Bertz CT molecular complexity index is 788. The SMILES string of the molecule is Cc1cc(F)cc(CNC(=O)C2CCC3(CC2)CN(CC2(C#N)CCCCC2)C3)c1. The Hall–Kier alpha value is -1.93.